The smallest absolute Gasteiger partial charge is 0.126 e. The molecule has 2 aromatic heterocycles. The molecule has 0 unspecified atom stereocenters. The number of H-pyrrole nitrogens is 1. The third-order valence-corrected chi connectivity index (χ3v) is 2.39. The summed E-state index contributed by atoms with van der Waals surface area (Å²) in [7, 11) is 0. The second-order valence-electron chi connectivity index (χ2n) is 3.48. The molecule has 2 rings (SSSR count). The minimum atomic E-state index is 0.755. The zero-order valence-corrected chi connectivity index (χ0v) is 8.91. The van der Waals surface area contributed by atoms with Crippen LogP contribution in [-0.2, 0) is 6.54 Å². The lowest BCUT2D eigenvalue weighted by atomic mass is 10.2. The summed E-state index contributed by atoms with van der Waals surface area (Å²) in [6.45, 7) is 4.78. The number of anilines is 1. The van der Waals surface area contributed by atoms with E-state index in [1.165, 1.54) is 5.56 Å². The van der Waals surface area contributed by atoms with Crippen molar-refractivity contribution in [1.29, 1.82) is 0 Å². The van der Waals surface area contributed by atoms with Gasteiger partial charge in [0.25, 0.3) is 0 Å². The first kappa shape index (κ1) is 9.71. The molecule has 0 saturated heterocycles. The zero-order valence-electron chi connectivity index (χ0n) is 8.91. The molecule has 0 radical (unpaired) electrons. The fourth-order valence-corrected chi connectivity index (χ4v) is 1.48. The van der Waals surface area contributed by atoms with Crippen LogP contribution in [0, 0.1) is 13.8 Å². The number of aryl methyl sites for hydroxylation is 2. The van der Waals surface area contributed by atoms with E-state index >= 15 is 0 Å². The number of aromatic nitrogens is 3. The quantitative estimate of drug-likeness (QED) is 0.800. The third-order valence-electron chi connectivity index (χ3n) is 2.39. The summed E-state index contributed by atoms with van der Waals surface area (Å²) in [5, 5.41) is 10.4. The van der Waals surface area contributed by atoms with Crippen LogP contribution >= 0.6 is 0 Å². The Morgan fingerprint density at radius 2 is 2.20 bits per heavy atom. The lowest BCUT2D eigenvalue weighted by molar-refractivity contribution is 1.02. The molecule has 4 nitrogen and oxygen atoms in total. The van der Waals surface area contributed by atoms with Gasteiger partial charge in [0, 0.05) is 24.0 Å². The molecule has 2 N–H and O–H groups in total. The van der Waals surface area contributed by atoms with Gasteiger partial charge in [-0.25, -0.2) is 4.98 Å². The van der Waals surface area contributed by atoms with E-state index in [4.69, 9.17) is 0 Å². The zero-order chi connectivity index (χ0) is 10.7. The van der Waals surface area contributed by atoms with Gasteiger partial charge in [-0.15, -0.1) is 0 Å². The van der Waals surface area contributed by atoms with Crippen LogP contribution in [0.3, 0.4) is 0 Å². The summed E-state index contributed by atoms with van der Waals surface area (Å²) in [5.74, 6) is 0.887. The van der Waals surface area contributed by atoms with Crippen molar-refractivity contribution in [3.63, 3.8) is 0 Å². The van der Waals surface area contributed by atoms with Gasteiger partial charge in [-0.3, -0.25) is 5.10 Å². The monoisotopic (exact) mass is 202 g/mol. The molecule has 0 spiro atoms. The van der Waals surface area contributed by atoms with E-state index in [-0.39, 0.29) is 0 Å². The molecule has 0 amide bonds. The molecule has 0 aromatic carbocycles. The van der Waals surface area contributed by atoms with Crippen LogP contribution in [-0.4, -0.2) is 15.2 Å². The molecule has 0 fully saturated rings. The van der Waals surface area contributed by atoms with E-state index in [0.29, 0.717) is 0 Å². The van der Waals surface area contributed by atoms with Crippen molar-refractivity contribution in [2.45, 2.75) is 20.4 Å². The lowest BCUT2D eigenvalue weighted by Crippen LogP contribution is -2.02. The Hall–Kier alpha value is -1.84. The van der Waals surface area contributed by atoms with Gasteiger partial charge in [-0.05, 0) is 26.0 Å². The van der Waals surface area contributed by atoms with Crippen molar-refractivity contribution in [2.75, 3.05) is 5.32 Å². The largest absolute Gasteiger partial charge is 0.366 e. The standard InChI is InChI=1S/C11H14N4/c1-8-10(9(2)15-14-8)7-13-11-5-3-4-6-12-11/h3-6H,7H2,1-2H3,(H,12,13)(H,14,15). The molecular formula is C11H14N4. The van der Waals surface area contributed by atoms with Crippen molar-refractivity contribution in [3.8, 4) is 0 Å². The molecule has 2 aromatic rings. The molecule has 15 heavy (non-hydrogen) atoms. The maximum absolute atomic E-state index is 4.20. The first-order chi connectivity index (χ1) is 7.27. The Morgan fingerprint density at radius 1 is 1.33 bits per heavy atom. The normalized spacial score (nSPS) is 10.3. The number of rotatable bonds is 3. The van der Waals surface area contributed by atoms with E-state index in [1.54, 1.807) is 6.20 Å². The number of aromatic amines is 1. The molecule has 0 aliphatic carbocycles. The minimum absolute atomic E-state index is 0.755. The first-order valence-corrected chi connectivity index (χ1v) is 4.92. The van der Waals surface area contributed by atoms with Crippen LogP contribution in [0.4, 0.5) is 5.82 Å². The molecule has 0 aliphatic rings. The molecule has 78 valence electrons. The predicted molar refractivity (Wildman–Crippen MR) is 59.6 cm³/mol. The SMILES string of the molecule is Cc1n[nH]c(C)c1CNc1ccccn1. The molecule has 0 aliphatic heterocycles. The van der Waals surface area contributed by atoms with E-state index in [9.17, 15) is 0 Å². The number of hydrogen-bond donors (Lipinski definition) is 2. The number of nitrogens with one attached hydrogen (secondary N) is 2. The fourth-order valence-electron chi connectivity index (χ4n) is 1.48. The van der Waals surface area contributed by atoms with Crippen LogP contribution in [0.15, 0.2) is 24.4 Å². The van der Waals surface area contributed by atoms with Crippen molar-refractivity contribution < 1.29 is 0 Å². The van der Waals surface area contributed by atoms with Crippen molar-refractivity contribution in [1.82, 2.24) is 15.2 Å². The van der Waals surface area contributed by atoms with Gasteiger partial charge in [0.05, 0.1) is 5.69 Å². The van der Waals surface area contributed by atoms with Crippen LogP contribution in [0.25, 0.3) is 0 Å². The third kappa shape index (κ3) is 2.15. The molecule has 4 heteroatoms. The Morgan fingerprint density at radius 3 is 2.80 bits per heavy atom. The molecule has 0 saturated carbocycles. The maximum Gasteiger partial charge on any atom is 0.126 e. The van der Waals surface area contributed by atoms with Crippen LogP contribution < -0.4 is 5.32 Å². The molecular weight excluding hydrogens is 188 g/mol. The second kappa shape index (κ2) is 4.13. The minimum Gasteiger partial charge on any atom is -0.366 e. The number of hydrogen-bond acceptors (Lipinski definition) is 3. The summed E-state index contributed by atoms with van der Waals surface area (Å²) >= 11 is 0. The maximum atomic E-state index is 4.20. The summed E-state index contributed by atoms with van der Waals surface area (Å²) < 4.78 is 0. The Balaban J connectivity index is 2.05. The Kier molecular flexibility index (Phi) is 2.67. The summed E-state index contributed by atoms with van der Waals surface area (Å²) in [5.41, 5.74) is 3.35. The lowest BCUT2D eigenvalue weighted by Gasteiger charge is -2.04. The van der Waals surface area contributed by atoms with Crippen molar-refractivity contribution >= 4 is 5.82 Å². The molecule has 0 atom stereocenters. The topological polar surface area (TPSA) is 53.6 Å². The van der Waals surface area contributed by atoms with Crippen LogP contribution in [0.2, 0.25) is 0 Å². The van der Waals surface area contributed by atoms with Gasteiger partial charge < -0.3 is 5.32 Å². The predicted octanol–water partition coefficient (Wildman–Crippen LogP) is 2.03. The number of nitrogens with zero attached hydrogens (tertiary/aromatic N) is 2. The van der Waals surface area contributed by atoms with Crippen LogP contribution in [0.5, 0.6) is 0 Å². The average molecular weight is 202 g/mol. The molecule has 0 bridgehead atoms. The summed E-state index contributed by atoms with van der Waals surface area (Å²) in [6.07, 6.45) is 1.78. The summed E-state index contributed by atoms with van der Waals surface area (Å²) in [6, 6.07) is 5.81. The van der Waals surface area contributed by atoms with Gasteiger partial charge in [0.2, 0.25) is 0 Å². The highest BCUT2D eigenvalue weighted by molar-refractivity contribution is 5.36. The van der Waals surface area contributed by atoms with Crippen LogP contribution in [0.1, 0.15) is 17.0 Å². The fraction of sp³-hybridized carbons (Fsp3) is 0.273. The van der Waals surface area contributed by atoms with Gasteiger partial charge in [-0.2, -0.15) is 5.10 Å². The average Bonchev–Trinajstić information content (AvgIpc) is 2.58. The van der Waals surface area contributed by atoms with E-state index in [2.05, 4.69) is 20.5 Å². The van der Waals surface area contributed by atoms with E-state index in [1.807, 2.05) is 32.0 Å². The van der Waals surface area contributed by atoms with Gasteiger partial charge in [0.1, 0.15) is 5.82 Å². The second-order valence-corrected chi connectivity index (χ2v) is 3.48. The number of pyridine rings is 1. The van der Waals surface area contributed by atoms with E-state index < -0.39 is 0 Å². The summed E-state index contributed by atoms with van der Waals surface area (Å²) in [4.78, 5) is 4.20. The highest BCUT2D eigenvalue weighted by atomic mass is 15.1. The van der Waals surface area contributed by atoms with Crippen molar-refractivity contribution in [2.24, 2.45) is 0 Å². The van der Waals surface area contributed by atoms with Crippen molar-refractivity contribution in [3.05, 3.63) is 41.3 Å². The highest BCUT2D eigenvalue weighted by Gasteiger charge is 2.05. The molecule has 2 heterocycles. The van der Waals surface area contributed by atoms with Gasteiger partial charge in [0.15, 0.2) is 0 Å². The Labute approximate surface area is 88.8 Å². The highest BCUT2D eigenvalue weighted by Crippen LogP contribution is 2.11. The van der Waals surface area contributed by atoms with E-state index in [0.717, 1.165) is 23.8 Å². The van der Waals surface area contributed by atoms with Gasteiger partial charge in [-0.1, -0.05) is 6.07 Å². The Bertz CT molecular complexity index is 414. The van der Waals surface area contributed by atoms with Gasteiger partial charge >= 0.3 is 0 Å². The first-order valence-electron chi connectivity index (χ1n) is 4.92.